The van der Waals surface area contributed by atoms with Crippen LogP contribution in [0.2, 0.25) is 0 Å². The molecular weight excluding hydrogens is 276 g/mol. The van der Waals surface area contributed by atoms with Gasteiger partial charge in [-0.15, -0.1) is 0 Å². The molecule has 0 N–H and O–H groups in total. The van der Waals surface area contributed by atoms with Crippen molar-refractivity contribution < 1.29 is 4.74 Å². The van der Waals surface area contributed by atoms with Gasteiger partial charge in [0.05, 0.1) is 6.61 Å². The van der Waals surface area contributed by atoms with Gasteiger partial charge in [-0.05, 0) is 68.5 Å². The highest BCUT2D eigenvalue weighted by molar-refractivity contribution is 9.09. The molecule has 0 radical (unpaired) electrons. The zero-order chi connectivity index (χ0) is 12.8. The minimum Gasteiger partial charge on any atom is -0.494 e. The smallest absolute Gasteiger partial charge is 0.122 e. The number of rotatable bonds is 5. The molecule has 0 heterocycles. The first-order chi connectivity index (χ1) is 8.10. The molecule has 1 aromatic rings. The Hall–Kier alpha value is -0.760. The second-order valence-corrected chi connectivity index (χ2v) is 5.02. The summed E-state index contributed by atoms with van der Waals surface area (Å²) in [6.07, 6.45) is 3.34. The van der Waals surface area contributed by atoms with Crippen LogP contribution in [0.3, 0.4) is 0 Å². The SMILES string of the molecule is CCOc1cc(C)c(/C(C)=C/CCBr)cc1C. The predicted molar refractivity (Wildman–Crippen MR) is 79.1 cm³/mol. The van der Waals surface area contributed by atoms with Gasteiger partial charge in [0, 0.05) is 5.33 Å². The van der Waals surface area contributed by atoms with E-state index in [1.165, 1.54) is 22.3 Å². The van der Waals surface area contributed by atoms with E-state index in [1.54, 1.807) is 0 Å². The number of hydrogen-bond donors (Lipinski definition) is 0. The van der Waals surface area contributed by atoms with Crippen LogP contribution in [0.4, 0.5) is 0 Å². The molecule has 0 saturated carbocycles. The van der Waals surface area contributed by atoms with E-state index in [0.29, 0.717) is 0 Å². The van der Waals surface area contributed by atoms with Crippen LogP contribution in [0.25, 0.3) is 5.57 Å². The molecule has 1 aromatic carbocycles. The maximum atomic E-state index is 5.61. The van der Waals surface area contributed by atoms with Crippen molar-refractivity contribution in [1.82, 2.24) is 0 Å². The van der Waals surface area contributed by atoms with Gasteiger partial charge in [-0.1, -0.05) is 22.0 Å². The average molecular weight is 297 g/mol. The van der Waals surface area contributed by atoms with Gasteiger partial charge in [0.2, 0.25) is 0 Å². The van der Waals surface area contributed by atoms with Crippen LogP contribution in [0.1, 0.15) is 37.0 Å². The van der Waals surface area contributed by atoms with E-state index in [0.717, 1.165) is 24.1 Å². The van der Waals surface area contributed by atoms with Gasteiger partial charge in [-0.3, -0.25) is 0 Å². The zero-order valence-corrected chi connectivity index (χ0v) is 12.7. The molecule has 0 unspecified atom stereocenters. The number of alkyl halides is 1. The summed E-state index contributed by atoms with van der Waals surface area (Å²) >= 11 is 3.45. The number of aryl methyl sites for hydroxylation is 2. The molecular formula is C15H21BrO. The van der Waals surface area contributed by atoms with Crippen LogP contribution >= 0.6 is 15.9 Å². The van der Waals surface area contributed by atoms with Gasteiger partial charge in [-0.2, -0.15) is 0 Å². The normalized spacial score (nSPS) is 11.7. The maximum Gasteiger partial charge on any atom is 0.122 e. The van der Waals surface area contributed by atoms with Crippen LogP contribution in [0.15, 0.2) is 18.2 Å². The van der Waals surface area contributed by atoms with Crippen molar-refractivity contribution in [3.8, 4) is 5.75 Å². The summed E-state index contributed by atoms with van der Waals surface area (Å²) in [4.78, 5) is 0. The highest BCUT2D eigenvalue weighted by Gasteiger charge is 2.06. The van der Waals surface area contributed by atoms with Crippen molar-refractivity contribution in [2.24, 2.45) is 0 Å². The van der Waals surface area contributed by atoms with Gasteiger partial charge >= 0.3 is 0 Å². The Balaban J connectivity index is 3.06. The Kier molecular flexibility index (Phi) is 5.76. The third-order valence-corrected chi connectivity index (χ3v) is 3.26. The molecule has 1 rings (SSSR count). The van der Waals surface area contributed by atoms with Crippen molar-refractivity contribution in [2.75, 3.05) is 11.9 Å². The van der Waals surface area contributed by atoms with Crippen molar-refractivity contribution >= 4 is 21.5 Å². The lowest BCUT2D eigenvalue weighted by atomic mass is 9.98. The van der Waals surface area contributed by atoms with Gasteiger partial charge < -0.3 is 4.74 Å². The summed E-state index contributed by atoms with van der Waals surface area (Å²) < 4.78 is 5.61. The van der Waals surface area contributed by atoms with Crippen LogP contribution in [0, 0.1) is 13.8 Å². The summed E-state index contributed by atoms with van der Waals surface area (Å²) in [5.41, 5.74) is 5.15. The van der Waals surface area contributed by atoms with E-state index in [4.69, 9.17) is 4.74 Å². The largest absolute Gasteiger partial charge is 0.494 e. The van der Waals surface area contributed by atoms with Crippen LogP contribution in [-0.4, -0.2) is 11.9 Å². The molecule has 0 spiro atoms. The molecule has 0 aromatic heterocycles. The summed E-state index contributed by atoms with van der Waals surface area (Å²) in [5.74, 6) is 1.00. The molecule has 0 amide bonds. The van der Waals surface area contributed by atoms with Crippen molar-refractivity contribution in [1.29, 1.82) is 0 Å². The molecule has 94 valence electrons. The molecule has 0 aliphatic heterocycles. The van der Waals surface area contributed by atoms with Crippen molar-refractivity contribution in [2.45, 2.75) is 34.1 Å². The lowest BCUT2D eigenvalue weighted by Crippen LogP contribution is -1.97. The standard InChI is InChI=1S/C15H21BrO/c1-5-17-15-10-12(3)14(9-13(15)4)11(2)7-6-8-16/h7,9-10H,5-6,8H2,1-4H3/b11-7+. The quantitative estimate of drug-likeness (QED) is 0.703. The Bertz CT molecular complexity index is 408. The average Bonchev–Trinajstić information content (AvgIpc) is 2.30. The monoisotopic (exact) mass is 296 g/mol. The fourth-order valence-corrected chi connectivity index (χ4v) is 2.14. The minimum absolute atomic E-state index is 0.720. The molecule has 0 fully saturated rings. The lowest BCUT2D eigenvalue weighted by Gasteiger charge is -2.13. The molecule has 0 atom stereocenters. The van der Waals surface area contributed by atoms with Crippen molar-refractivity contribution in [3.05, 3.63) is 34.9 Å². The summed E-state index contributed by atoms with van der Waals surface area (Å²) in [7, 11) is 0. The Morgan fingerprint density at radius 2 is 2.00 bits per heavy atom. The molecule has 0 aliphatic carbocycles. The van der Waals surface area contributed by atoms with Crippen LogP contribution in [0.5, 0.6) is 5.75 Å². The van der Waals surface area contributed by atoms with Gasteiger partial charge in [0.1, 0.15) is 5.75 Å². The summed E-state index contributed by atoms with van der Waals surface area (Å²) in [6.45, 7) is 9.15. The first-order valence-corrected chi connectivity index (χ1v) is 7.19. The van der Waals surface area contributed by atoms with E-state index in [-0.39, 0.29) is 0 Å². The fraction of sp³-hybridized carbons (Fsp3) is 0.467. The zero-order valence-electron chi connectivity index (χ0n) is 11.1. The maximum absolute atomic E-state index is 5.61. The molecule has 2 heteroatoms. The number of hydrogen-bond acceptors (Lipinski definition) is 1. The van der Waals surface area contributed by atoms with Crippen LogP contribution < -0.4 is 4.74 Å². The second kappa shape index (κ2) is 6.85. The van der Waals surface area contributed by atoms with Crippen molar-refractivity contribution in [3.63, 3.8) is 0 Å². The van der Waals surface area contributed by atoms with E-state index < -0.39 is 0 Å². The topological polar surface area (TPSA) is 9.23 Å². The predicted octanol–water partition coefficient (Wildman–Crippen LogP) is 4.89. The van der Waals surface area contributed by atoms with E-state index in [2.05, 4.69) is 54.9 Å². The van der Waals surface area contributed by atoms with E-state index in [1.807, 2.05) is 6.92 Å². The van der Waals surface area contributed by atoms with Gasteiger partial charge in [-0.25, -0.2) is 0 Å². The summed E-state index contributed by atoms with van der Waals surface area (Å²) in [5, 5.41) is 1.01. The fourth-order valence-electron chi connectivity index (χ4n) is 1.91. The van der Waals surface area contributed by atoms with Gasteiger partial charge in [0.15, 0.2) is 0 Å². The van der Waals surface area contributed by atoms with E-state index >= 15 is 0 Å². The Morgan fingerprint density at radius 3 is 2.59 bits per heavy atom. The van der Waals surface area contributed by atoms with E-state index in [9.17, 15) is 0 Å². The minimum atomic E-state index is 0.720. The molecule has 0 aliphatic rings. The Morgan fingerprint density at radius 1 is 1.29 bits per heavy atom. The van der Waals surface area contributed by atoms with Crippen LogP contribution in [-0.2, 0) is 0 Å². The number of ether oxygens (including phenoxy) is 1. The highest BCUT2D eigenvalue weighted by atomic mass is 79.9. The summed E-state index contributed by atoms with van der Waals surface area (Å²) in [6, 6.07) is 4.36. The first-order valence-electron chi connectivity index (χ1n) is 6.07. The molecule has 17 heavy (non-hydrogen) atoms. The molecule has 0 saturated heterocycles. The molecule has 0 bridgehead atoms. The lowest BCUT2D eigenvalue weighted by molar-refractivity contribution is 0.337. The third kappa shape index (κ3) is 3.88. The first kappa shape index (κ1) is 14.3. The third-order valence-electron chi connectivity index (χ3n) is 2.81. The number of benzene rings is 1. The molecule has 1 nitrogen and oxygen atoms in total. The second-order valence-electron chi connectivity index (χ2n) is 4.23. The highest BCUT2D eigenvalue weighted by Crippen LogP contribution is 2.27. The number of halogens is 1. The Labute approximate surface area is 113 Å². The number of allylic oxidation sites excluding steroid dienone is 2. The van der Waals surface area contributed by atoms with Gasteiger partial charge in [0.25, 0.3) is 0 Å².